The highest BCUT2D eigenvalue weighted by Gasteiger charge is 2.28. The van der Waals surface area contributed by atoms with Gasteiger partial charge in [0.25, 0.3) is 0 Å². The molecule has 3 rings (SSSR count). The molecule has 1 aliphatic heterocycles. The highest BCUT2D eigenvalue weighted by Crippen LogP contribution is 2.23. The van der Waals surface area contributed by atoms with Crippen molar-refractivity contribution in [3.05, 3.63) is 28.7 Å². The van der Waals surface area contributed by atoms with Crippen molar-refractivity contribution >= 4 is 22.6 Å². The first-order valence-corrected chi connectivity index (χ1v) is 8.19. The molecule has 2 aromatic rings. The number of nitrogens with one attached hydrogen (secondary N) is 3. The molecular weight excluding hydrogens is 292 g/mol. The van der Waals surface area contributed by atoms with E-state index >= 15 is 0 Å². The molecule has 1 aromatic heterocycles. The van der Waals surface area contributed by atoms with Crippen LogP contribution in [0.2, 0.25) is 0 Å². The average molecular weight is 316 g/mol. The van der Waals surface area contributed by atoms with Crippen LogP contribution in [0.25, 0.3) is 11.0 Å². The van der Waals surface area contributed by atoms with E-state index in [0.29, 0.717) is 23.0 Å². The van der Waals surface area contributed by atoms with Gasteiger partial charge in [0.05, 0.1) is 17.1 Å². The largest absolute Gasteiger partial charge is 0.325 e. The Hall–Kier alpha value is -2.08. The molecule has 3 atom stereocenters. The number of piperidine rings is 1. The van der Waals surface area contributed by atoms with Crippen LogP contribution >= 0.6 is 0 Å². The van der Waals surface area contributed by atoms with Gasteiger partial charge in [0, 0.05) is 18.8 Å². The maximum atomic E-state index is 12.5. The first kappa shape index (κ1) is 15.8. The summed E-state index contributed by atoms with van der Waals surface area (Å²) in [4.78, 5) is 31.5. The fourth-order valence-corrected chi connectivity index (χ4v) is 3.55. The quantitative estimate of drug-likeness (QED) is 0.811. The van der Waals surface area contributed by atoms with Crippen LogP contribution in [0.5, 0.6) is 0 Å². The molecule has 6 nitrogen and oxygen atoms in total. The molecule has 3 N–H and O–H groups in total. The number of aromatic nitrogens is 2. The topological polar surface area (TPSA) is 81.0 Å². The number of fused-ring (bicyclic) bond motifs is 1. The van der Waals surface area contributed by atoms with Crippen LogP contribution in [-0.2, 0) is 4.79 Å². The molecule has 2 heterocycles. The van der Waals surface area contributed by atoms with Gasteiger partial charge in [-0.2, -0.15) is 0 Å². The van der Waals surface area contributed by atoms with Gasteiger partial charge in [0.2, 0.25) is 5.91 Å². The Balaban J connectivity index is 1.70. The summed E-state index contributed by atoms with van der Waals surface area (Å²) >= 11 is 0. The fourth-order valence-electron chi connectivity index (χ4n) is 3.55. The van der Waals surface area contributed by atoms with Gasteiger partial charge in [-0.1, -0.05) is 13.8 Å². The molecule has 1 amide bonds. The number of hydrogen-bond donors (Lipinski definition) is 3. The number of aromatic amines is 2. The predicted octanol–water partition coefficient (Wildman–Crippen LogP) is 2.16. The molecule has 1 fully saturated rings. The minimum atomic E-state index is -0.242. The van der Waals surface area contributed by atoms with Crippen molar-refractivity contribution in [1.82, 2.24) is 14.9 Å². The summed E-state index contributed by atoms with van der Waals surface area (Å²) in [6.45, 7) is 8.36. The Kier molecular flexibility index (Phi) is 4.26. The third-order valence-corrected chi connectivity index (χ3v) is 4.61. The van der Waals surface area contributed by atoms with Crippen LogP contribution in [-0.4, -0.2) is 39.9 Å². The zero-order valence-electron chi connectivity index (χ0n) is 13.8. The van der Waals surface area contributed by atoms with E-state index in [4.69, 9.17) is 0 Å². The van der Waals surface area contributed by atoms with Crippen molar-refractivity contribution < 1.29 is 4.79 Å². The maximum absolute atomic E-state index is 12.5. The van der Waals surface area contributed by atoms with Gasteiger partial charge in [-0.15, -0.1) is 0 Å². The van der Waals surface area contributed by atoms with Crippen molar-refractivity contribution in [3.63, 3.8) is 0 Å². The monoisotopic (exact) mass is 316 g/mol. The lowest BCUT2D eigenvalue weighted by molar-refractivity contribution is -0.121. The van der Waals surface area contributed by atoms with E-state index in [1.54, 1.807) is 18.2 Å². The lowest BCUT2D eigenvalue weighted by Gasteiger charge is -2.38. The third-order valence-electron chi connectivity index (χ3n) is 4.61. The predicted molar refractivity (Wildman–Crippen MR) is 91.5 cm³/mol. The summed E-state index contributed by atoms with van der Waals surface area (Å²) in [5, 5.41) is 2.95. The van der Waals surface area contributed by atoms with Gasteiger partial charge >= 0.3 is 5.69 Å². The van der Waals surface area contributed by atoms with E-state index in [0.717, 1.165) is 18.6 Å². The standard InChI is InChI=1S/C17H24N4O2/c1-10-6-11(2)9-21(8-10)12(3)16(22)18-13-4-5-14-15(7-13)20-17(23)19-14/h4-5,7,10-12H,6,8-9H2,1-3H3,(H,18,22)(H2,19,20,23)/t10-,11+,12-/m1/s1. The fraction of sp³-hybridized carbons (Fsp3) is 0.529. The number of H-pyrrole nitrogens is 2. The molecule has 0 bridgehead atoms. The molecule has 0 radical (unpaired) electrons. The maximum Gasteiger partial charge on any atom is 0.323 e. The number of benzene rings is 1. The van der Waals surface area contributed by atoms with Gasteiger partial charge in [-0.3, -0.25) is 9.69 Å². The Morgan fingerprint density at radius 2 is 1.87 bits per heavy atom. The summed E-state index contributed by atoms with van der Waals surface area (Å²) in [6, 6.07) is 5.21. The Labute approximate surface area is 135 Å². The van der Waals surface area contributed by atoms with E-state index in [-0.39, 0.29) is 17.6 Å². The van der Waals surface area contributed by atoms with E-state index in [2.05, 4.69) is 34.0 Å². The second-order valence-corrected chi connectivity index (χ2v) is 6.90. The lowest BCUT2D eigenvalue weighted by atomic mass is 9.91. The van der Waals surface area contributed by atoms with Gasteiger partial charge in [0.1, 0.15) is 0 Å². The van der Waals surface area contributed by atoms with Crippen molar-refractivity contribution in [2.24, 2.45) is 11.8 Å². The van der Waals surface area contributed by atoms with Crippen LogP contribution in [0.1, 0.15) is 27.2 Å². The number of hydrogen-bond acceptors (Lipinski definition) is 3. The van der Waals surface area contributed by atoms with Crippen LogP contribution in [0.4, 0.5) is 5.69 Å². The SMILES string of the molecule is C[C@@H]1C[C@H](C)CN([C@H](C)C(=O)Nc2ccc3[nH]c(=O)[nH]c3c2)C1. The first-order valence-electron chi connectivity index (χ1n) is 8.19. The van der Waals surface area contributed by atoms with E-state index < -0.39 is 0 Å². The number of amides is 1. The molecule has 0 spiro atoms. The Morgan fingerprint density at radius 3 is 2.57 bits per heavy atom. The highest BCUT2D eigenvalue weighted by atomic mass is 16.2. The summed E-state index contributed by atoms with van der Waals surface area (Å²) in [7, 11) is 0. The number of carbonyl (C=O) groups excluding carboxylic acids is 1. The molecular formula is C17H24N4O2. The Morgan fingerprint density at radius 1 is 1.22 bits per heavy atom. The number of nitrogens with zero attached hydrogens (tertiary/aromatic N) is 1. The van der Waals surface area contributed by atoms with Crippen molar-refractivity contribution in [2.75, 3.05) is 18.4 Å². The summed E-state index contributed by atoms with van der Waals surface area (Å²) < 4.78 is 0. The highest BCUT2D eigenvalue weighted by molar-refractivity contribution is 5.96. The van der Waals surface area contributed by atoms with E-state index in [1.807, 2.05) is 6.92 Å². The van der Waals surface area contributed by atoms with Gasteiger partial charge < -0.3 is 15.3 Å². The molecule has 1 aliphatic rings. The first-order chi connectivity index (χ1) is 10.9. The molecule has 23 heavy (non-hydrogen) atoms. The molecule has 6 heteroatoms. The molecule has 124 valence electrons. The number of imidazole rings is 1. The van der Waals surface area contributed by atoms with Gasteiger partial charge in [-0.25, -0.2) is 4.79 Å². The normalized spacial score (nSPS) is 23.8. The number of rotatable bonds is 3. The van der Waals surface area contributed by atoms with E-state index in [9.17, 15) is 9.59 Å². The molecule has 1 aromatic carbocycles. The second kappa shape index (κ2) is 6.20. The number of likely N-dealkylation sites (tertiary alicyclic amines) is 1. The summed E-state index contributed by atoms with van der Waals surface area (Å²) in [5.74, 6) is 1.23. The lowest BCUT2D eigenvalue weighted by Crippen LogP contribution is -2.48. The third kappa shape index (κ3) is 3.47. The number of anilines is 1. The van der Waals surface area contributed by atoms with Crippen LogP contribution in [0.15, 0.2) is 23.0 Å². The van der Waals surface area contributed by atoms with Crippen molar-refractivity contribution in [3.8, 4) is 0 Å². The van der Waals surface area contributed by atoms with Crippen LogP contribution in [0, 0.1) is 11.8 Å². The van der Waals surface area contributed by atoms with Crippen LogP contribution < -0.4 is 11.0 Å². The molecule has 0 saturated carbocycles. The van der Waals surface area contributed by atoms with Gasteiger partial charge in [0.15, 0.2) is 0 Å². The molecule has 0 aliphatic carbocycles. The van der Waals surface area contributed by atoms with Crippen LogP contribution in [0.3, 0.4) is 0 Å². The van der Waals surface area contributed by atoms with Crippen molar-refractivity contribution in [2.45, 2.75) is 33.2 Å². The average Bonchev–Trinajstić information content (AvgIpc) is 2.84. The molecule has 1 saturated heterocycles. The molecule has 0 unspecified atom stereocenters. The summed E-state index contributed by atoms with van der Waals surface area (Å²) in [6.07, 6.45) is 1.22. The smallest absolute Gasteiger partial charge is 0.323 e. The zero-order valence-corrected chi connectivity index (χ0v) is 13.8. The number of carbonyl (C=O) groups is 1. The van der Waals surface area contributed by atoms with Crippen molar-refractivity contribution in [1.29, 1.82) is 0 Å². The van der Waals surface area contributed by atoms with E-state index in [1.165, 1.54) is 6.42 Å². The Bertz CT molecular complexity index is 753. The second-order valence-electron chi connectivity index (χ2n) is 6.90. The minimum Gasteiger partial charge on any atom is -0.325 e. The summed E-state index contributed by atoms with van der Waals surface area (Å²) in [5.41, 5.74) is 1.89. The zero-order chi connectivity index (χ0) is 16.6. The van der Waals surface area contributed by atoms with Gasteiger partial charge in [-0.05, 0) is 43.4 Å². The minimum absolute atomic E-state index is 0.0106.